The monoisotopic (exact) mass is 405 g/mol. The molecule has 0 N–H and O–H groups in total. The number of imide groups is 1. The number of hydrogen-bond donors (Lipinski definition) is 0. The second-order valence-electron chi connectivity index (χ2n) is 5.66. The summed E-state index contributed by atoms with van der Waals surface area (Å²) >= 11 is 2.49. The average molecular weight is 406 g/mol. The van der Waals surface area contributed by atoms with E-state index in [1.165, 1.54) is 4.90 Å². The van der Waals surface area contributed by atoms with Gasteiger partial charge in [-0.25, -0.2) is 9.78 Å². The molecule has 0 atom stereocenters. The van der Waals surface area contributed by atoms with Gasteiger partial charge < -0.3 is 4.74 Å². The van der Waals surface area contributed by atoms with Crippen molar-refractivity contribution in [3.05, 3.63) is 41.6 Å². The lowest BCUT2D eigenvalue weighted by Crippen LogP contribution is -2.29. The molecule has 0 aromatic carbocycles. The van der Waals surface area contributed by atoms with E-state index in [1.54, 1.807) is 24.9 Å². The predicted octanol–water partition coefficient (Wildman–Crippen LogP) is 3.35. The van der Waals surface area contributed by atoms with Gasteiger partial charge in [0.15, 0.2) is 0 Å². The molecule has 142 valence electrons. The van der Waals surface area contributed by atoms with Crippen LogP contribution in [0.25, 0.3) is 5.65 Å². The third kappa shape index (κ3) is 4.72. The molecule has 7 nitrogen and oxygen atoms in total. The molecule has 0 spiro atoms. The lowest BCUT2D eigenvalue weighted by molar-refractivity contribution is -0.137. The smallest absolute Gasteiger partial charge is 0.332 e. The predicted molar refractivity (Wildman–Crippen MR) is 105 cm³/mol. The zero-order valence-corrected chi connectivity index (χ0v) is 16.4. The summed E-state index contributed by atoms with van der Waals surface area (Å²) in [5, 5.41) is 0.764. The van der Waals surface area contributed by atoms with Crippen molar-refractivity contribution in [2.75, 3.05) is 18.9 Å². The van der Waals surface area contributed by atoms with Crippen molar-refractivity contribution in [3.8, 4) is 0 Å². The van der Waals surface area contributed by atoms with Gasteiger partial charge in [-0.1, -0.05) is 6.07 Å². The van der Waals surface area contributed by atoms with Crippen LogP contribution in [0.1, 0.15) is 19.8 Å². The van der Waals surface area contributed by atoms with E-state index in [-0.39, 0.29) is 16.8 Å². The molecule has 2 amide bonds. The highest BCUT2D eigenvalue weighted by atomic mass is 32.2. The van der Waals surface area contributed by atoms with E-state index in [9.17, 15) is 14.4 Å². The number of thioether (sulfide) groups is 2. The number of fused-ring (bicyclic) bond motifs is 1. The Morgan fingerprint density at radius 3 is 3.00 bits per heavy atom. The Balaban J connectivity index is 1.46. The highest BCUT2D eigenvalue weighted by Crippen LogP contribution is 2.31. The van der Waals surface area contributed by atoms with Gasteiger partial charge in [0.25, 0.3) is 11.1 Å². The summed E-state index contributed by atoms with van der Waals surface area (Å²) < 4.78 is 6.81. The molecule has 3 rings (SSSR count). The van der Waals surface area contributed by atoms with Gasteiger partial charge in [0.1, 0.15) is 5.65 Å². The number of carbonyl (C=O) groups is 3. The van der Waals surface area contributed by atoms with Crippen LogP contribution in [-0.2, 0) is 14.3 Å². The minimum Gasteiger partial charge on any atom is -0.463 e. The molecule has 27 heavy (non-hydrogen) atoms. The van der Waals surface area contributed by atoms with Crippen LogP contribution in [0, 0.1) is 0 Å². The zero-order valence-electron chi connectivity index (χ0n) is 14.8. The molecule has 0 unspecified atom stereocenters. The number of imidazole rings is 1. The van der Waals surface area contributed by atoms with Gasteiger partial charge in [-0.15, -0.1) is 11.8 Å². The van der Waals surface area contributed by atoms with Crippen molar-refractivity contribution >= 4 is 46.3 Å². The Hall–Kier alpha value is -2.26. The van der Waals surface area contributed by atoms with E-state index >= 15 is 0 Å². The Morgan fingerprint density at radius 1 is 1.33 bits per heavy atom. The van der Waals surface area contributed by atoms with Crippen LogP contribution in [0.2, 0.25) is 0 Å². The highest BCUT2D eigenvalue weighted by Gasteiger charge is 2.35. The molecule has 0 aliphatic carbocycles. The summed E-state index contributed by atoms with van der Waals surface area (Å²) in [5.74, 6) is -0.159. The SMILES string of the molecule is CCOC(=O)/C=C1\SC(=O)N(CCCCSc2cccc3nccn23)C1=O. The van der Waals surface area contributed by atoms with E-state index in [0.29, 0.717) is 13.0 Å². The van der Waals surface area contributed by atoms with Crippen molar-refractivity contribution in [2.24, 2.45) is 0 Å². The quantitative estimate of drug-likeness (QED) is 0.288. The van der Waals surface area contributed by atoms with Crippen molar-refractivity contribution in [1.29, 1.82) is 0 Å². The third-order valence-corrected chi connectivity index (χ3v) is 5.85. The van der Waals surface area contributed by atoms with Crippen molar-refractivity contribution < 1.29 is 19.1 Å². The van der Waals surface area contributed by atoms with Crippen molar-refractivity contribution in [1.82, 2.24) is 14.3 Å². The molecular weight excluding hydrogens is 386 g/mol. The topological polar surface area (TPSA) is 81.0 Å². The molecule has 0 bridgehead atoms. The largest absolute Gasteiger partial charge is 0.463 e. The van der Waals surface area contributed by atoms with Gasteiger partial charge in [-0.2, -0.15) is 0 Å². The lowest BCUT2D eigenvalue weighted by atomic mass is 10.3. The Labute approximate surface area is 165 Å². The Bertz CT molecular complexity index is 894. The normalized spacial score (nSPS) is 15.9. The van der Waals surface area contributed by atoms with Crippen LogP contribution in [0.3, 0.4) is 0 Å². The first-order valence-electron chi connectivity index (χ1n) is 8.57. The van der Waals surface area contributed by atoms with Gasteiger partial charge in [-0.05, 0) is 49.4 Å². The van der Waals surface area contributed by atoms with Crippen molar-refractivity contribution in [2.45, 2.75) is 24.8 Å². The number of esters is 1. The maximum absolute atomic E-state index is 12.3. The summed E-state index contributed by atoms with van der Waals surface area (Å²) in [4.78, 5) is 41.3. The number of pyridine rings is 1. The number of aromatic nitrogens is 2. The van der Waals surface area contributed by atoms with Crippen LogP contribution in [0.5, 0.6) is 0 Å². The fourth-order valence-electron chi connectivity index (χ4n) is 2.57. The number of nitrogens with zero attached hydrogens (tertiary/aromatic N) is 3. The summed E-state index contributed by atoms with van der Waals surface area (Å²) in [6, 6.07) is 5.96. The second kappa shape index (κ2) is 9.09. The molecule has 2 aromatic heterocycles. The first kappa shape index (κ1) is 19.5. The fourth-order valence-corrected chi connectivity index (χ4v) is 4.42. The Morgan fingerprint density at radius 2 is 2.19 bits per heavy atom. The number of hydrogen-bond acceptors (Lipinski definition) is 7. The third-order valence-electron chi connectivity index (χ3n) is 3.83. The highest BCUT2D eigenvalue weighted by molar-refractivity contribution is 8.18. The van der Waals surface area contributed by atoms with Gasteiger partial charge in [0, 0.05) is 25.0 Å². The summed E-state index contributed by atoms with van der Waals surface area (Å²) in [7, 11) is 0. The molecular formula is C18H19N3O4S2. The van der Waals surface area contributed by atoms with Crippen molar-refractivity contribution in [3.63, 3.8) is 0 Å². The van der Waals surface area contributed by atoms with Crippen LogP contribution in [0.15, 0.2) is 46.6 Å². The van der Waals surface area contributed by atoms with Crippen LogP contribution < -0.4 is 0 Å². The molecule has 1 aliphatic rings. The molecule has 1 fully saturated rings. The second-order valence-corrected chi connectivity index (χ2v) is 7.77. The molecule has 0 saturated carbocycles. The summed E-state index contributed by atoms with van der Waals surface area (Å²) in [6.45, 7) is 2.26. The molecule has 2 aromatic rings. The maximum Gasteiger partial charge on any atom is 0.332 e. The maximum atomic E-state index is 12.3. The average Bonchev–Trinajstić information content (AvgIpc) is 3.22. The summed E-state index contributed by atoms with van der Waals surface area (Å²) in [5.41, 5.74) is 0.909. The number of carbonyl (C=O) groups excluding carboxylic acids is 3. The van der Waals surface area contributed by atoms with E-state index in [2.05, 4.69) is 4.98 Å². The standard InChI is InChI=1S/C18H19N3O4S2/c1-2-25-16(22)12-13-17(23)21(18(24)27-13)9-3-4-11-26-15-7-5-6-14-19-8-10-20(14)15/h5-8,10,12H,2-4,9,11H2,1H3/b13-12-. The van der Waals surface area contributed by atoms with E-state index in [1.807, 2.05) is 28.8 Å². The summed E-state index contributed by atoms with van der Waals surface area (Å²) in [6.07, 6.45) is 6.35. The first-order valence-corrected chi connectivity index (χ1v) is 10.4. The molecule has 1 aliphatic heterocycles. The zero-order chi connectivity index (χ0) is 19.2. The number of unbranched alkanes of at least 4 members (excludes halogenated alkanes) is 1. The first-order chi connectivity index (χ1) is 13.1. The van der Waals surface area contributed by atoms with Gasteiger partial charge in [0.05, 0.1) is 16.5 Å². The molecule has 3 heterocycles. The number of ether oxygens (including phenoxy) is 1. The lowest BCUT2D eigenvalue weighted by Gasteiger charge is -2.12. The number of rotatable bonds is 8. The molecule has 0 radical (unpaired) electrons. The molecule has 1 saturated heterocycles. The molecule has 9 heteroatoms. The minimum absolute atomic E-state index is 0.125. The van der Waals surface area contributed by atoms with Gasteiger partial charge >= 0.3 is 5.97 Å². The Kier molecular flexibility index (Phi) is 6.57. The fraction of sp³-hybridized carbons (Fsp3) is 0.333. The minimum atomic E-state index is -0.604. The van der Waals surface area contributed by atoms with E-state index < -0.39 is 11.9 Å². The van der Waals surface area contributed by atoms with Crippen LogP contribution >= 0.6 is 23.5 Å². The van der Waals surface area contributed by atoms with Crippen LogP contribution in [-0.4, -0.2) is 50.3 Å². The number of amides is 2. The van der Waals surface area contributed by atoms with E-state index in [4.69, 9.17) is 4.74 Å². The van der Waals surface area contributed by atoms with Gasteiger partial charge in [-0.3, -0.25) is 18.9 Å². The van der Waals surface area contributed by atoms with Crippen LogP contribution in [0.4, 0.5) is 4.79 Å². The van der Waals surface area contributed by atoms with Gasteiger partial charge in [0.2, 0.25) is 0 Å². The van der Waals surface area contributed by atoms with E-state index in [0.717, 1.165) is 40.7 Å².